The van der Waals surface area contributed by atoms with Gasteiger partial charge in [-0.15, -0.1) is 10.2 Å². The fourth-order valence-corrected chi connectivity index (χ4v) is 3.64. The molecule has 1 N–H and O–H groups in total. The van der Waals surface area contributed by atoms with Crippen LogP contribution in [0.15, 0.2) is 49.1 Å². The molecule has 1 saturated heterocycles. The molecule has 1 fully saturated rings. The van der Waals surface area contributed by atoms with E-state index in [2.05, 4.69) is 20.5 Å². The average molecular weight is 446 g/mol. The van der Waals surface area contributed by atoms with E-state index in [1.165, 1.54) is 13.2 Å². The number of hydrogen-bond acceptors (Lipinski definition) is 6. The molecule has 168 valence electrons. The van der Waals surface area contributed by atoms with Crippen LogP contribution in [-0.4, -0.2) is 45.9 Å². The minimum Gasteiger partial charge on any atom is -0.495 e. The van der Waals surface area contributed by atoms with Crippen LogP contribution in [0.5, 0.6) is 5.75 Å². The van der Waals surface area contributed by atoms with E-state index in [-0.39, 0.29) is 17.3 Å². The van der Waals surface area contributed by atoms with Gasteiger partial charge in [0.2, 0.25) is 5.91 Å². The molecule has 0 radical (unpaired) electrons. The van der Waals surface area contributed by atoms with Gasteiger partial charge in [-0.2, -0.15) is 13.2 Å². The Bertz CT molecular complexity index is 1070. The van der Waals surface area contributed by atoms with Gasteiger partial charge in [-0.1, -0.05) is 0 Å². The lowest BCUT2D eigenvalue weighted by atomic mass is 9.97. The summed E-state index contributed by atoms with van der Waals surface area (Å²) in [6, 6.07) is 6.63. The molecule has 3 heterocycles. The van der Waals surface area contributed by atoms with Crippen molar-refractivity contribution in [3.05, 3.63) is 54.6 Å². The Labute approximate surface area is 182 Å². The molecule has 0 bridgehead atoms. The van der Waals surface area contributed by atoms with Crippen molar-refractivity contribution >= 4 is 17.4 Å². The first-order valence-corrected chi connectivity index (χ1v) is 9.98. The zero-order valence-electron chi connectivity index (χ0n) is 17.2. The third-order valence-corrected chi connectivity index (χ3v) is 5.31. The van der Waals surface area contributed by atoms with Crippen molar-refractivity contribution in [2.24, 2.45) is 5.92 Å². The highest BCUT2D eigenvalue weighted by atomic mass is 19.4. The molecule has 1 aliphatic heterocycles. The topological polar surface area (TPSA) is 85.2 Å². The highest BCUT2D eigenvalue weighted by molar-refractivity contribution is 5.94. The monoisotopic (exact) mass is 446 g/mol. The zero-order valence-corrected chi connectivity index (χ0v) is 17.2. The fraction of sp³-hybridized carbons (Fsp3) is 0.333. The lowest BCUT2D eigenvalue weighted by molar-refractivity contribution is -0.137. The number of imidazole rings is 1. The van der Waals surface area contributed by atoms with E-state index >= 15 is 0 Å². The summed E-state index contributed by atoms with van der Waals surface area (Å²) in [5.74, 6) is 0.630. The summed E-state index contributed by atoms with van der Waals surface area (Å²) in [7, 11) is 1.34. The molecular formula is C21H21F3N6O2. The number of amides is 1. The number of aromatic nitrogens is 4. The largest absolute Gasteiger partial charge is 0.495 e. The van der Waals surface area contributed by atoms with E-state index in [9.17, 15) is 18.0 Å². The minimum atomic E-state index is -4.52. The number of carbonyl (C=O) groups excluding carboxylic acids is 1. The number of hydrogen-bond donors (Lipinski definition) is 1. The van der Waals surface area contributed by atoms with Gasteiger partial charge in [0.25, 0.3) is 0 Å². The Kier molecular flexibility index (Phi) is 5.97. The van der Waals surface area contributed by atoms with Gasteiger partial charge in [0.1, 0.15) is 12.1 Å². The van der Waals surface area contributed by atoms with Crippen LogP contribution in [0.25, 0.3) is 5.82 Å². The molecule has 0 saturated carbocycles. The Balaban J connectivity index is 1.46. The zero-order chi connectivity index (χ0) is 22.7. The maximum absolute atomic E-state index is 13.1. The first-order chi connectivity index (χ1) is 15.3. The molecule has 1 aliphatic rings. The minimum absolute atomic E-state index is 0.00562. The first kappa shape index (κ1) is 21.6. The molecule has 1 atom stereocenters. The number of ether oxygens (including phenoxy) is 1. The van der Waals surface area contributed by atoms with Crippen LogP contribution in [-0.2, 0) is 11.0 Å². The SMILES string of the molecule is COc1ccc(C(F)(F)F)cc1NC(=O)[C@@H]1CCCN(c2ccc(-n3ccnc3)nn2)C1. The summed E-state index contributed by atoms with van der Waals surface area (Å²) < 4.78 is 46.1. The lowest BCUT2D eigenvalue weighted by Gasteiger charge is -2.32. The predicted octanol–water partition coefficient (Wildman–Crippen LogP) is 3.54. The summed E-state index contributed by atoms with van der Waals surface area (Å²) in [5, 5.41) is 11.1. The number of rotatable bonds is 5. The third-order valence-electron chi connectivity index (χ3n) is 5.31. The van der Waals surface area contributed by atoms with Crippen LogP contribution < -0.4 is 15.0 Å². The first-order valence-electron chi connectivity index (χ1n) is 9.98. The molecule has 0 spiro atoms. The molecule has 1 aromatic carbocycles. The number of nitrogens with one attached hydrogen (secondary N) is 1. The van der Waals surface area contributed by atoms with E-state index in [0.717, 1.165) is 18.6 Å². The number of carbonyl (C=O) groups is 1. The smallest absolute Gasteiger partial charge is 0.416 e. The molecule has 32 heavy (non-hydrogen) atoms. The second-order valence-corrected chi connectivity index (χ2v) is 7.41. The molecule has 11 heteroatoms. The van der Waals surface area contributed by atoms with Crippen LogP contribution in [0.2, 0.25) is 0 Å². The van der Waals surface area contributed by atoms with Gasteiger partial charge in [0.15, 0.2) is 11.6 Å². The van der Waals surface area contributed by atoms with E-state index in [1.54, 1.807) is 29.4 Å². The summed E-state index contributed by atoms with van der Waals surface area (Å²) >= 11 is 0. The number of alkyl halides is 3. The number of benzene rings is 1. The average Bonchev–Trinajstić information content (AvgIpc) is 3.34. The Morgan fingerprint density at radius 1 is 1.19 bits per heavy atom. The maximum Gasteiger partial charge on any atom is 0.416 e. The van der Waals surface area contributed by atoms with Crippen LogP contribution in [0.4, 0.5) is 24.7 Å². The van der Waals surface area contributed by atoms with Crippen molar-refractivity contribution in [3.63, 3.8) is 0 Å². The van der Waals surface area contributed by atoms with E-state index < -0.39 is 17.7 Å². The van der Waals surface area contributed by atoms with Crippen LogP contribution >= 0.6 is 0 Å². The third kappa shape index (κ3) is 4.66. The van der Waals surface area contributed by atoms with Crippen molar-refractivity contribution in [1.29, 1.82) is 0 Å². The van der Waals surface area contributed by atoms with Gasteiger partial charge in [0, 0.05) is 25.5 Å². The van der Waals surface area contributed by atoms with Gasteiger partial charge in [-0.25, -0.2) is 4.98 Å². The number of halogens is 3. The predicted molar refractivity (Wildman–Crippen MR) is 111 cm³/mol. The van der Waals surface area contributed by atoms with Gasteiger partial charge in [-0.3, -0.25) is 9.36 Å². The summed E-state index contributed by atoms with van der Waals surface area (Å²) in [6.07, 6.45) is 1.85. The van der Waals surface area contributed by atoms with Crippen molar-refractivity contribution in [2.75, 3.05) is 30.4 Å². The van der Waals surface area contributed by atoms with Crippen LogP contribution in [0.3, 0.4) is 0 Å². The molecular weight excluding hydrogens is 425 g/mol. The molecule has 8 nitrogen and oxygen atoms in total. The van der Waals surface area contributed by atoms with Crippen molar-refractivity contribution < 1.29 is 22.7 Å². The maximum atomic E-state index is 13.1. The number of methoxy groups -OCH3 is 1. The highest BCUT2D eigenvalue weighted by Crippen LogP contribution is 2.35. The Morgan fingerprint density at radius 2 is 1.97 bits per heavy atom. The van der Waals surface area contributed by atoms with Gasteiger partial charge < -0.3 is 15.0 Å². The normalized spacial score (nSPS) is 16.6. The van der Waals surface area contributed by atoms with Crippen molar-refractivity contribution in [1.82, 2.24) is 19.7 Å². The Hall–Kier alpha value is -3.63. The fourth-order valence-electron chi connectivity index (χ4n) is 3.64. The van der Waals surface area contributed by atoms with Crippen LogP contribution in [0.1, 0.15) is 18.4 Å². The lowest BCUT2D eigenvalue weighted by Crippen LogP contribution is -2.41. The van der Waals surface area contributed by atoms with Crippen LogP contribution in [0, 0.1) is 5.92 Å². The molecule has 1 amide bonds. The second kappa shape index (κ2) is 8.85. The van der Waals surface area contributed by atoms with Gasteiger partial charge in [-0.05, 0) is 43.2 Å². The molecule has 2 aromatic heterocycles. The molecule has 0 unspecified atom stereocenters. The van der Waals surface area contributed by atoms with Crippen molar-refractivity contribution in [2.45, 2.75) is 19.0 Å². The summed E-state index contributed by atoms with van der Waals surface area (Å²) in [6.45, 7) is 1.09. The number of piperidine rings is 1. The molecule has 4 rings (SSSR count). The summed E-state index contributed by atoms with van der Waals surface area (Å²) in [5.41, 5.74) is -0.860. The number of nitrogens with zero attached hydrogens (tertiary/aromatic N) is 5. The second-order valence-electron chi connectivity index (χ2n) is 7.41. The number of anilines is 2. The van der Waals surface area contributed by atoms with Crippen molar-refractivity contribution in [3.8, 4) is 11.6 Å². The molecule has 0 aliphatic carbocycles. The van der Waals surface area contributed by atoms with Gasteiger partial charge >= 0.3 is 6.18 Å². The summed E-state index contributed by atoms with van der Waals surface area (Å²) in [4.78, 5) is 18.8. The van der Waals surface area contributed by atoms with E-state index in [4.69, 9.17) is 4.74 Å². The van der Waals surface area contributed by atoms with E-state index in [0.29, 0.717) is 31.1 Å². The quantitative estimate of drug-likeness (QED) is 0.645. The Morgan fingerprint density at radius 3 is 2.62 bits per heavy atom. The standard InChI is InChI=1S/C21H21F3N6O2/c1-32-17-5-4-15(21(22,23)24)11-16(17)26-20(31)14-3-2-9-29(12-14)18-6-7-19(28-27-18)30-10-8-25-13-30/h4-8,10-11,13-14H,2-3,9,12H2,1H3,(H,26,31)/t14-/m1/s1. The van der Waals surface area contributed by atoms with E-state index in [1.807, 2.05) is 11.0 Å². The highest BCUT2D eigenvalue weighted by Gasteiger charge is 2.32. The molecule has 3 aromatic rings. The van der Waals surface area contributed by atoms with Gasteiger partial charge in [0.05, 0.1) is 24.3 Å².